The molecule has 1 unspecified atom stereocenters. The summed E-state index contributed by atoms with van der Waals surface area (Å²) in [6.45, 7) is 5.81. The molecule has 0 aromatic heterocycles. The van der Waals surface area contributed by atoms with Crippen molar-refractivity contribution < 1.29 is 9.68 Å². The first-order valence-electron chi connectivity index (χ1n) is 11.0. The van der Waals surface area contributed by atoms with Crippen LogP contribution in [0.4, 0.5) is 0 Å². The Hall–Kier alpha value is -1.68. The van der Waals surface area contributed by atoms with Crippen molar-refractivity contribution in [3.05, 3.63) is 65.8 Å². The van der Waals surface area contributed by atoms with Gasteiger partial charge in [0, 0.05) is 0 Å². The fourth-order valence-electron chi connectivity index (χ4n) is 3.15. The number of unbranched alkanes of at least 4 members (excludes halogenated alkanes) is 6. The highest BCUT2D eigenvalue weighted by molar-refractivity contribution is 5.59. The third kappa shape index (κ3) is 8.55. The van der Waals surface area contributed by atoms with E-state index in [1.807, 2.05) is 6.07 Å². The number of hydrogen-bond donors (Lipinski definition) is 0. The van der Waals surface area contributed by atoms with Crippen LogP contribution in [0.5, 0.6) is 0 Å². The Morgan fingerprint density at radius 3 is 2.25 bits per heavy atom. The Bertz CT molecular complexity index is 606. The van der Waals surface area contributed by atoms with Gasteiger partial charge in [0.25, 0.3) is 0 Å². The van der Waals surface area contributed by atoms with E-state index in [-0.39, 0.29) is 6.04 Å². The first kappa shape index (κ1) is 22.6. The number of benzene rings is 1. The van der Waals surface area contributed by atoms with E-state index in [4.69, 9.17) is 9.68 Å². The molecule has 1 aromatic rings. The molecule has 1 atom stereocenters. The number of nitrogens with zero attached hydrogens (tertiary/aromatic N) is 1. The third-order valence-corrected chi connectivity index (χ3v) is 4.83. The minimum absolute atomic E-state index is 0.0258. The van der Waals surface area contributed by atoms with Gasteiger partial charge in [-0.3, -0.25) is 9.68 Å². The number of hydroxylamine groups is 2. The zero-order chi connectivity index (χ0) is 19.9. The predicted octanol–water partition coefficient (Wildman–Crippen LogP) is 6.89. The molecular weight excluding hydrogens is 346 g/mol. The molecule has 0 aliphatic heterocycles. The molecule has 1 aliphatic rings. The zero-order valence-corrected chi connectivity index (χ0v) is 17.7. The third-order valence-electron chi connectivity index (χ3n) is 4.83. The first-order valence-corrected chi connectivity index (χ1v) is 11.0. The van der Waals surface area contributed by atoms with Crippen molar-refractivity contribution in [2.45, 2.75) is 71.3 Å². The number of rotatable bonds is 14. The van der Waals surface area contributed by atoms with Gasteiger partial charge in [-0.25, -0.2) is 0 Å². The lowest BCUT2D eigenvalue weighted by Gasteiger charge is -2.29. The second-order valence-corrected chi connectivity index (χ2v) is 7.32. The van der Waals surface area contributed by atoms with Gasteiger partial charge >= 0.3 is 0 Å². The summed E-state index contributed by atoms with van der Waals surface area (Å²) in [5.74, 6) is 0. The molecule has 0 saturated heterocycles. The van der Waals surface area contributed by atoms with E-state index in [9.17, 15) is 0 Å². The molecular formula is C25H37NO2. The number of hydrogen-bond acceptors (Lipinski definition) is 3. The lowest BCUT2D eigenvalue weighted by molar-refractivity contribution is -0.376. The topological polar surface area (TPSA) is 21.7 Å². The van der Waals surface area contributed by atoms with Crippen LogP contribution in [0.3, 0.4) is 0 Å². The Kier molecular flexibility index (Phi) is 11.6. The fourth-order valence-corrected chi connectivity index (χ4v) is 3.15. The van der Waals surface area contributed by atoms with Crippen molar-refractivity contribution in [2.75, 3.05) is 13.2 Å². The average molecular weight is 384 g/mol. The Morgan fingerprint density at radius 1 is 0.821 bits per heavy atom. The molecule has 2 rings (SSSR count). The van der Waals surface area contributed by atoms with Crippen LogP contribution in [0, 0.1) is 0 Å². The lowest BCUT2D eigenvalue weighted by atomic mass is 10.00. The highest BCUT2D eigenvalue weighted by atomic mass is 16.9. The average Bonchev–Trinajstić information content (AvgIpc) is 2.73. The van der Waals surface area contributed by atoms with Gasteiger partial charge in [0.05, 0.1) is 13.2 Å². The molecule has 3 heteroatoms. The van der Waals surface area contributed by atoms with Crippen LogP contribution in [-0.2, 0) is 9.68 Å². The van der Waals surface area contributed by atoms with E-state index in [1.165, 1.54) is 43.2 Å². The van der Waals surface area contributed by atoms with Crippen LogP contribution in [0.2, 0.25) is 0 Å². The molecule has 28 heavy (non-hydrogen) atoms. The summed E-state index contributed by atoms with van der Waals surface area (Å²) in [5.41, 5.74) is 2.36. The van der Waals surface area contributed by atoms with Crippen LogP contribution >= 0.6 is 0 Å². The van der Waals surface area contributed by atoms with E-state index in [1.54, 1.807) is 5.23 Å². The maximum Gasteiger partial charge on any atom is 0.106 e. The van der Waals surface area contributed by atoms with Gasteiger partial charge in [-0.1, -0.05) is 112 Å². The van der Waals surface area contributed by atoms with Gasteiger partial charge in [0.2, 0.25) is 0 Å². The summed E-state index contributed by atoms with van der Waals surface area (Å²) in [5, 5.41) is 1.72. The van der Waals surface area contributed by atoms with Gasteiger partial charge in [-0.05, 0) is 30.1 Å². The molecule has 3 nitrogen and oxygen atoms in total. The second-order valence-electron chi connectivity index (χ2n) is 7.32. The van der Waals surface area contributed by atoms with Gasteiger partial charge in [0.15, 0.2) is 0 Å². The summed E-state index contributed by atoms with van der Waals surface area (Å²) in [4.78, 5) is 12.1. The minimum atomic E-state index is -0.0258. The van der Waals surface area contributed by atoms with Crippen molar-refractivity contribution >= 4 is 6.08 Å². The van der Waals surface area contributed by atoms with E-state index < -0.39 is 0 Å². The van der Waals surface area contributed by atoms with Gasteiger partial charge in [-0.2, -0.15) is 0 Å². The monoisotopic (exact) mass is 383 g/mol. The molecule has 0 amide bonds. The largest absolute Gasteiger partial charge is 0.273 e. The molecule has 0 radical (unpaired) electrons. The standard InChI is InChI=1S/C25H37NO2/c1-3-5-7-8-9-15-21-28-26(27-20-6-4-2)25-19-14-13-18-24(25)22-23-16-11-10-12-17-23/h10-14,16-19,22,25H,3-9,15,20-21H2,1-2H3. The van der Waals surface area contributed by atoms with Crippen molar-refractivity contribution in [1.82, 2.24) is 5.23 Å². The first-order chi connectivity index (χ1) is 13.8. The molecule has 0 saturated carbocycles. The Labute approximate surface area is 171 Å². The second kappa shape index (κ2) is 14.3. The predicted molar refractivity (Wildman–Crippen MR) is 119 cm³/mol. The highest BCUT2D eigenvalue weighted by Crippen LogP contribution is 2.22. The van der Waals surface area contributed by atoms with E-state index in [2.05, 4.69) is 68.5 Å². The van der Waals surface area contributed by atoms with Crippen molar-refractivity contribution in [2.24, 2.45) is 0 Å². The van der Waals surface area contributed by atoms with E-state index in [0.29, 0.717) is 13.2 Å². The Morgan fingerprint density at radius 2 is 1.50 bits per heavy atom. The van der Waals surface area contributed by atoms with Crippen LogP contribution < -0.4 is 0 Å². The SMILES string of the molecule is CCCCCCCCON(OCCCC)C1C=CC=CC1=Cc1ccccc1. The maximum absolute atomic E-state index is 6.09. The smallest absolute Gasteiger partial charge is 0.106 e. The van der Waals surface area contributed by atoms with Crippen molar-refractivity contribution in [3.8, 4) is 0 Å². The van der Waals surface area contributed by atoms with Gasteiger partial charge in [0.1, 0.15) is 6.04 Å². The van der Waals surface area contributed by atoms with Crippen LogP contribution in [0.1, 0.15) is 70.8 Å². The summed E-state index contributed by atoms with van der Waals surface area (Å²) >= 11 is 0. The van der Waals surface area contributed by atoms with E-state index >= 15 is 0 Å². The highest BCUT2D eigenvalue weighted by Gasteiger charge is 2.22. The van der Waals surface area contributed by atoms with Gasteiger partial charge in [-0.15, -0.1) is 0 Å². The van der Waals surface area contributed by atoms with Gasteiger partial charge < -0.3 is 0 Å². The molecule has 154 valence electrons. The summed E-state index contributed by atoms with van der Waals surface area (Å²) in [7, 11) is 0. The van der Waals surface area contributed by atoms with Crippen molar-refractivity contribution in [3.63, 3.8) is 0 Å². The van der Waals surface area contributed by atoms with Crippen LogP contribution in [0.25, 0.3) is 6.08 Å². The summed E-state index contributed by atoms with van der Waals surface area (Å²) in [6.07, 6.45) is 20.3. The molecule has 1 aromatic carbocycles. The zero-order valence-electron chi connectivity index (χ0n) is 17.7. The summed E-state index contributed by atoms with van der Waals surface area (Å²) in [6, 6.07) is 10.4. The molecule has 1 aliphatic carbocycles. The quantitative estimate of drug-likeness (QED) is 0.258. The normalized spacial score (nSPS) is 17.7. The Balaban J connectivity index is 1.96. The lowest BCUT2D eigenvalue weighted by Crippen LogP contribution is -2.36. The molecule has 0 heterocycles. The minimum Gasteiger partial charge on any atom is -0.273 e. The fraction of sp³-hybridized carbons (Fsp3) is 0.520. The molecule has 0 spiro atoms. The number of allylic oxidation sites excluding steroid dienone is 2. The van der Waals surface area contributed by atoms with E-state index in [0.717, 1.165) is 19.3 Å². The van der Waals surface area contributed by atoms with Crippen LogP contribution in [0.15, 0.2) is 60.2 Å². The molecule has 0 bridgehead atoms. The van der Waals surface area contributed by atoms with Crippen molar-refractivity contribution in [1.29, 1.82) is 0 Å². The van der Waals surface area contributed by atoms with Crippen LogP contribution in [-0.4, -0.2) is 24.5 Å². The summed E-state index contributed by atoms with van der Waals surface area (Å²) < 4.78 is 0. The molecule has 0 fully saturated rings. The maximum atomic E-state index is 6.09. The molecule has 0 N–H and O–H groups in total.